The molecule has 0 unspecified atom stereocenters. The summed E-state index contributed by atoms with van der Waals surface area (Å²) >= 11 is 1.90. The van der Waals surface area contributed by atoms with Gasteiger partial charge in [-0.15, -0.1) is 0 Å². The lowest BCUT2D eigenvalue weighted by molar-refractivity contribution is 0.419. The summed E-state index contributed by atoms with van der Waals surface area (Å²) in [5.41, 5.74) is 0. The van der Waals surface area contributed by atoms with Crippen LogP contribution >= 0.6 is 11.8 Å². The molecule has 0 bridgehead atoms. The fourth-order valence-corrected chi connectivity index (χ4v) is 4.51. The Kier molecular flexibility index (Phi) is 7.72. The van der Waals surface area contributed by atoms with Crippen molar-refractivity contribution >= 4 is 21.8 Å². The van der Waals surface area contributed by atoms with E-state index in [1.165, 1.54) is 0 Å². The van der Waals surface area contributed by atoms with Crippen LogP contribution in [0.2, 0.25) is 0 Å². The van der Waals surface area contributed by atoms with Gasteiger partial charge in [0.2, 0.25) is 10.0 Å². The average molecular weight is 309 g/mol. The Morgan fingerprint density at radius 1 is 1.21 bits per heavy atom. The first-order valence-electron chi connectivity index (χ1n) is 7.19. The van der Waals surface area contributed by atoms with Crippen LogP contribution in [0, 0.1) is 0 Å². The van der Waals surface area contributed by atoms with Gasteiger partial charge in [-0.2, -0.15) is 11.8 Å². The summed E-state index contributed by atoms with van der Waals surface area (Å²) < 4.78 is 26.8. The quantitative estimate of drug-likeness (QED) is 0.673. The zero-order chi connectivity index (χ0) is 14.3. The van der Waals surface area contributed by atoms with Gasteiger partial charge in [0.25, 0.3) is 0 Å². The van der Waals surface area contributed by atoms with Crippen molar-refractivity contribution in [2.24, 2.45) is 0 Å². The molecule has 19 heavy (non-hydrogen) atoms. The van der Waals surface area contributed by atoms with Crippen molar-refractivity contribution in [3.63, 3.8) is 0 Å². The summed E-state index contributed by atoms with van der Waals surface area (Å²) in [6.45, 7) is 4.89. The minimum absolute atomic E-state index is 0.159. The molecule has 0 saturated heterocycles. The molecular weight excluding hydrogens is 280 g/mol. The standard InChI is InChI=1S/C13H28N2O2S2/c1-11(2)14-9-4-10-19(16,17)15-12-5-7-13(18-3)8-6-12/h11-15H,4-10H2,1-3H3. The molecule has 0 spiro atoms. The van der Waals surface area contributed by atoms with Crippen LogP contribution in [0.4, 0.5) is 0 Å². The van der Waals surface area contributed by atoms with E-state index in [2.05, 4.69) is 30.1 Å². The molecule has 0 heterocycles. The molecule has 0 aromatic rings. The topological polar surface area (TPSA) is 58.2 Å². The predicted molar refractivity (Wildman–Crippen MR) is 84.2 cm³/mol. The molecule has 1 saturated carbocycles. The third-order valence-electron chi connectivity index (χ3n) is 3.50. The maximum Gasteiger partial charge on any atom is 0.211 e. The number of rotatable bonds is 8. The molecule has 0 aromatic heterocycles. The molecule has 1 fully saturated rings. The third kappa shape index (κ3) is 7.54. The van der Waals surface area contributed by atoms with Gasteiger partial charge in [0.05, 0.1) is 5.75 Å². The maximum atomic E-state index is 12.0. The molecule has 4 nitrogen and oxygen atoms in total. The van der Waals surface area contributed by atoms with Gasteiger partial charge in [0.15, 0.2) is 0 Å². The van der Waals surface area contributed by atoms with Crippen molar-refractivity contribution in [1.29, 1.82) is 0 Å². The summed E-state index contributed by atoms with van der Waals surface area (Å²) in [6.07, 6.45) is 7.03. The predicted octanol–water partition coefficient (Wildman–Crippen LogP) is 1.97. The molecule has 0 amide bonds. The van der Waals surface area contributed by atoms with Crippen molar-refractivity contribution in [1.82, 2.24) is 10.0 Å². The summed E-state index contributed by atoms with van der Waals surface area (Å²) in [6, 6.07) is 0.573. The Labute approximate surface area is 122 Å². The van der Waals surface area contributed by atoms with Gasteiger partial charge in [0.1, 0.15) is 0 Å². The molecule has 6 heteroatoms. The fraction of sp³-hybridized carbons (Fsp3) is 1.00. The van der Waals surface area contributed by atoms with E-state index in [4.69, 9.17) is 0 Å². The molecule has 114 valence electrons. The van der Waals surface area contributed by atoms with E-state index in [0.29, 0.717) is 12.5 Å². The molecule has 1 aliphatic rings. The summed E-state index contributed by atoms with van der Waals surface area (Å²) in [5.74, 6) is 0.231. The second-order valence-electron chi connectivity index (χ2n) is 5.61. The molecule has 2 N–H and O–H groups in total. The van der Waals surface area contributed by atoms with Crippen LogP contribution in [0.25, 0.3) is 0 Å². The Balaban J connectivity index is 2.23. The van der Waals surface area contributed by atoms with E-state index < -0.39 is 10.0 Å². The number of nitrogens with one attached hydrogen (secondary N) is 2. The highest BCUT2D eigenvalue weighted by atomic mass is 32.2. The van der Waals surface area contributed by atoms with Crippen molar-refractivity contribution in [3.05, 3.63) is 0 Å². The molecule has 1 rings (SSSR count). The Hall–Kier alpha value is 0.220. The van der Waals surface area contributed by atoms with Gasteiger partial charge >= 0.3 is 0 Å². The Bertz CT molecular complexity index is 337. The number of thioether (sulfide) groups is 1. The smallest absolute Gasteiger partial charge is 0.211 e. The molecule has 0 atom stereocenters. The van der Waals surface area contributed by atoms with E-state index in [1.807, 2.05) is 11.8 Å². The summed E-state index contributed by atoms with van der Waals surface area (Å²) in [5, 5.41) is 3.96. The van der Waals surface area contributed by atoms with Crippen molar-refractivity contribution in [2.45, 2.75) is 63.3 Å². The fourth-order valence-electron chi connectivity index (χ4n) is 2.38. The highest BCUT2D eigenvalue weighted by Gasteiger charge is 2.23. The minimum Gasteiger partial charge on any atom is -0.314 e. The van der Waals surface area contributed by atoms with Gasteiger partial charge in [-0.3, -0.25) is 0 Å². The summed E-state index contributed by atoms with van der Waals surface area (Å²) in [4.78, 5) is 0. The van der Waals surface area contributed by atoms with Gasteiger partial charge in [-0.25, -0.2) is 13.1 Å². The minimum atomic E-state index is -3.10. The van der Waals surface area contributed by atoms with Gasteiger partial charge in [-0.1, -0.05) is 13.8 Å². The highest BCUT2D eigenvalue weighted by molar-refractivity contribution is 7.99. The lowest BCUT2D eigenvalue weighted by Crippen LogP contribution is -2.39. The van der Waals surface area contributed by atoms with E-state index in [1.54, 1.807) is 0 Å². The monoisotopic (exact) mass is 308 g/mol. The van der Waals surface area contributed by atoms with Crippen molar-refractivity contribution < 1.29 is 8.42 Å². The maximum absolute atomic E-state index is 12.0. The Morgan fingerprint density at radius 3 is 2.37 bits per heavy atom. The van der Waals surface area contributed by atoms with Crippen LogP contribution in [0.15, 0.2) is 0 Å². The van der Waals surface area contributed by atoms with E-state index in [0.717, 1.165) is 37.5 Å². The largest absolute Gasteiger partial charge is 0.314 e. The lowest BCUT2D eigenvalue weighted by Gasteiger charge is -2.27. The third-order valence-corrected chi connectivity index (χ3v) is 6.15. The first kappa shape index (κ1) is 17.3. The van der Waals surface area contributed by atoms with E-state index in [-0.39, 0.29) is 11.8 Å². The van der Waals surface area contributed by atoms with E-state index >= 15 is 0 Å². The first-order valence-corrected chi connectivity index (χ1v) is 10.1. The zero-order valence-corrected chi connectivity index (χ0v) is 13.9. The normalized spacial score (nSPS) is 24.8. The average Bonchev–Trinajstić information content (AvgIpc) is 2.35. The first-order chi connectivity index (χ1) is 8.93. The van der Waals surface area contributed by atoms with Crippen molar-refractivity contribution in [3.8, 4) is 0 Å². The van der Waals surface area contributed by atoms with Crippen LogP contribution in [-0.4, -0.2) is 44.3 Å². The van der Waals surface area contributed by atoms with Crippen molar-refractivity contribution in [2.75, 3.05) is 18.6 Å². The van der Waals surface area contributed by atoms with Crippen LogP contribution in [0.5, 0.6) is 0 Å². The highest BCUT2D eigenvalue weighted by Crippen LogP contribution is 2.27. The lowest BCUT2D eigenvalue weighted by atomic mass is 9.96. The molecule has 0 aromatic carbocycles. The number of hydrogen-bond acceptors (Lipinski definition) is 4. The van der Waals surface area contributed by atoms with Gasteiger partial charge in [0, 0.05) is 17.3 Å². The van der Waals surface area contributed by atoms with Crippen LogP contribution < -0.4 is 10.0 Å². The molecular formula is C13H28N2O2S2. The molecule has 0 radical (unpaired) electrons. The van der Waals surface area contributed by atoms with Crippen LogP contribution in [0.3, 0.4) is 0 Å². The van der Waals surface area contributed by atoms with Gasteiger partial charge < -0.3 is 5.32 Å². The van der Waals surface area contributed by atoms with Crippen LogP contribution in [-0.2, 0) is 10.0 Å². The van der Waals surface area contributed by atoms with E-state index in [9.17, 15) is 8.42 Å². The second kappa shape index (κ2) is 8.49. The van der Waals surface area contributed by atoms with Crippen LogP contribution in [0.1, 0.15) is 46.0 Å². The SMILES string of the molecule is CSC1CCC(NS(=O)(=O)CCCNC(C)C)CC1. The number of sulfonamides is 1. The zero-order valence-electron chi connectivity index (χ0n) is 12.3. The molecule has 0 aliphatic heterocycles. The second-order valence-corrected chi connectivity index (χ2v) is 8.62. The molecule has 1 aliphatic carbocycles. The summed E-state index contributed by atoms with van der Waals surface area (Å²) in [7, 11) is -3.10. The van der Waals surface area contributed by atoms with Gasteiger partial charge in [-0.05, 0) is 44.9 Å². The Morgan fingerprint density at radius 2 is 1.84 bits per heavy atom. The number of hydrogen-bond donors (Lipinski definition) is 2.